The van der Waals surface area contributed by atoms with Crippen LogP contribution < -0.4 is 9.64 Å². The van der Waals surface area contributed by atoms with E-state index < -0.39 is 0 Å². The van der Waals surface area contributed by atoms with Crippen LogP contribution in [-0.2, 0) is 6.61 Å². The minimum atomic E-state index is -0.0351. The number of aromatic nitrogens is 1. The quantitative estimate of drug-likeness (QED) is 0.650. The molecule has 0 radical (unpaired) electrons. The fourth-order valence-corrected chi connectivity index (χ4v) is 3.94. The van der Waals surface area contributed by atoms with E-state index >= 15 is 0 Å². The van der Waals surface area contributed by atoms with Crippen molar-refractivity contribution in [3.8, 4) is 11.8 Å². The third-order valence-electron chi connectivity index (χ3n) is 4.91. The fourth-order valence-electron chi connectivity index (χ4n) is 3.39. The molecule has 1 amide bonds. The second-order valence-corrected chi connectivity index (χ2v) is 7.39. The van der Waals surface area contributed by atoms with E-state index in [4.69, 9.17) is 4.74 Å². The number of carbonyl (C=O) groups is 1. The van der Waals surface area contributed by atoms with Crippen LogP contribution >= 0.6 is 11.3 Å². The Balaban J connectivity index is 1.43. The molecule has 0 N–H and O–H groups in total. The highest BCUT2D eigenvalue weighted by molar-refractivity contribution is 7.07. The Kier molecular flexibility index (Phi) is 5.73. The molecule has 2 aromatic carbocycles. The summed E-state index contributed by atoms with van der Waals surface area (Å²) in [6.07, 6.45) is 0. The van der Waals surface area contributed by atoms with Gasteiger partial charge in [-0.1, -0.05) is 24.3 Å². The van der Waals surface area contributed by atoms with Crippen molar-refractivity contribution in [3.05, 3.63) is 76.2 Å². The summed E-state index contributed by atoms with van der Waals surface area (Å²) in [5, 5.41) is 11.3. The molecule has 3 aromatic rings. The average molecular weight is 404 g/mol. The molecule has 6 nitrogen and oxygen atoms in total. The monoisotopic (exact) mass is 404 g/mol. The number of ether oxygens (including phenoxy) is 1. The molecule has 29 heavy (non-hydrogen) atoms. The van der Waals surface area contributed by atoms with Gasteiger partial charge in [0.2, 0.25) is 0 Å². The summed E-state index contributed by atoms with van der Waals surface area (Å²) in [7, 11) is 0. The Labute approximate surface area is 173 Å². The van der Waals surface area contributed by atoms with Crippen molar-refractivity contribution >= 4 is 22.9 Å². The Bertz CT molecular complexity index is 1020. The van der Waals surface area contributed by atoms with Gasteiger partial charge in [-0.3, -0.25) is 4.79 Å². The maximum absolute atomic E-state index is 13.1. The second kappa shape index (κ2) is 8.76. The van der Waals surface area contributed by atoms with Crippen LogP contribution in [0.1, 0.15) is 21.6 Å². The van der Waals surface area contributed by atoms with Crippen LogP contribution in [0.25, 0.3) is 0 Å². The molecule has 0 atom stereocenters. The lowest BCUT2D eigenvalue weighted by molar-refractivity contribution is 0.0742. The van der Waals surface area contributed by atoms with Crippen LogP contribution in [0.15, 0.2) is 59.4 Å². The topological polar surface area (TPSA) is 69.5 Å². The predicted octanol–water partition coefficient (Wildman–Crippen LogP) is 3.56. The number of amides is 1. The molecular formula is C22H20N4O2S. The number of nitriles is 1. The number of rotatable bonds is 5. The van der Waals surface area contributed by atoms with Gasteiger partial charge < -0.3 is 14.5 Å². The molecule has 0 unspecified atom stereocenters. The minimum Gasteiger partial charge on any atom is -0.486 e. The molecule has 1 saturated heterocycles. The molecule has 1 aromatic heterocycles. The third-order valence-corrected chi connectivity index (χ3v) is 5.54. The molecule has 0 saturated carbocycles. The van der Waals surface area contributed by atoms with E-state index in [2.05, 4.69) is 16.0 Å². The van der Waals surface area contributed by atoms with Crippen LogP contribution in [0.3, 0.4) is 0 Å². The average Bonchev–Trinajstić information content (AvgIpc) is 3.31. The summed E-state index contributed by atoms with van der Waals surface area (Å²) >= 11 is 1.52. The Morgan fingerprint density at radius 3 is 2.62 bits per heavy atom. The second-order valence-electron chi connectivity index (χ2n) is 6.67. The molecule has 1 fully saturated rings. The smallest absolute Gasteiger partial charge is 0.257 e. The maximum Gasteiger partial charge on any atom is 0.257 e. The lowest BCUT2D eigenvalue weighted by Crippen LogP contribution is -2.49. The Hall–Kier alpha value is -3.37. The number of piperazine rings is 1. The van der Waals surface area contributed by atoms with E-state index in [1.54, 1.807) is 11.6 Å². The number of thiazole rings is 1. The highest BCUT2D eigenvalue weighted by Crippen LogP contribution is 2.24. The van der Waals surface area contributed by atoms with Crippen LogP contribution in [0.2, 0.25) is 0 Å². The zero-order valence-corrected chi connectivity index (χ0v) is 16.6. The molecule has 0 bridgehead atoms. The summed E-state index contributed by atoms with van der Waals surface area (Å²) in [5.74, 6) is 0.537. The fraction of sp³-hybridized carbons (Fsp3) is 0.227. The van der Waals surface area contributed by atoms with Gasteiger partial charge in [-0.25, -0.2) is 4.98 Å². The maximum atomic E-state index is 13.1. The van der Waals surface area contributed by atoms with E-state index in [0.29, 0.717) is 49.7 Å². The molecule has 1 aliphatic rings. The predicted molar refractivity (Wildman–Crippen MR) is 112 cm³/mol. The number of para-hydroxylation sites is 2. The van der Waals surface area contributed by atoms with Gasteiger partial charge in [0.25, 0.3) is 5.91 Å². The summed E-state index contributed by atoms with van der Waals surface area (Å²) < 4.78 is 5.86. The van der Waals surface area contributed by atoms with Crippen LogP contribution in [-0.4, -0.2) is 42.0 Å². The first kappa shape index (κ1) is 19.0. The zero-order valence-electron chi connectivity index (χ0n) is 15.8. The molecule has 7 heteroatoms. The van der Waals surface area contributed by atoms with Crippen molar-refractivity contribution in [1.29, 1.82) is 5.26 Å². The van der Waals surface area contributed by atoms with E-state index in [1.807, 2.05) is 52.7 Å². The number of hydrogen-bond acceptors (Lipinski definition) is 6. The van der Waals surface area contributed by atoms with Crippen LogP contribution in [0, 0.1) is 11.3 Å². The van der Waals surface area contributed by atoms with Gasteiger partial charge in [0.1, 0.15) is 18.4 Å². The van der Waals surface area contributed by atoms with E-state index in [-0.39, 0.29) is 5.91 Å². The first-order chi connectivity index (χ1) is 14.3. The minimum absolute atomic E-state index is 0.0351. The summed E-state index contributed by atoms with van der Waals surface area (Å²) in [6, 6.07) is 17.2. The Morgan fingerprint density at radius 2 is 1.86 bits per heavy atom. The summed E-state index contributed by atoms with van der Waals surface area (Å²) in [4.78, 5) is 21.3. The molecule has 4 rings (SSSR count). The number of carbonyl (C=O) groups excluding carboxylic acids is 1. The van der Waals surface area contributed by atoms with Crippen LogP contribution in [0.4, 0.5) is 5.69 Å². The summed E-state index contributed by atoms with van der Waals surface area (Å²) in [5.41, 5.74) is 4.76. The van der Waals surface area contributed by atoms with Gasteiger partial charge in [-0.2, -0.15) is 5.26 Å². The Morgan fingerprint density at radius 1 is 1.10 bits per heavy atom. The molecule has 0 aliphatic carbocycles. The van der Waals surface area contributed by atoms with Gasteiger partial charge in [-0.15, -0.1) is 11.3 Å². The van der Waals surface area contributed by atoms with Crippen molar-refractivity contribution in [2.75, 3.05) is 31.1 Å². The van der Waals surface area contributed by atoms with Crippen molar-refractivity contribution in [3.63, 3.8) is 0 Å². The standard InChI is InChI=1S/C22H20N4O2S/c23-13-17-5-1-3-7-20(17)25-9-11-26(12-10-25)22(27)19-6-2-4-8-21(19)28-14-18-15-29-16-24-18/h1-8,15-16H,9-12,14H2. The van der Waals surface area contributed by atoms with E-state index in [9.17, 15) is 10.1 Å². The lowest BCUT2D eigenvalue weighted by atomic mass is 10.1. The molecule has 146 valence electrons. The molecular weight excluding hydrogens is 384 g/mol. The van der Waals surface area contributed by atoms with Gasteiger partial charge >= 0.3 is 0 Å². The zero-order chi connectivity index (χ0) is 20.1. The normalized spacial score (nSPS) is 13.8. The largest absolute Gasteiger partial charge is 0.486 e. The first-order valence-corrected chi connectivity index (χ1v) is 10.3. The van der Waals surface area contributed by atoms with Gasteiger partial charge in [0, 0.05) is 31.6 Å². The van der Waals surface area contributed by atoms with Gasteiger partial charge in [0.15, 0.2) is 0 Å². The number of nitrogens with zero attached hydrogens (tertiary/aromatic N) is 4. The van der Waals surface area contributed by atoms with Crippen molar-refractivity contribution in [1.82, 2.24) is 9.88 Å². The highest BCUT2D eigenvalue weighted by atomic mass is 32.1. The SMILES string of the molecule is N#Cc1ccccc1N1CCN(C(=O)c2ccccc2OCc2cscn2)CC1. The summed E-state index contributed by atoms with van der Waals surface area (Å²) in [6.45, 7) is 2.91. The highest BCUT2D eigenvalue weighted by Gasteiger charge is 2.25. The molecule has 1 aliphatic heterocycles. The van der Waals surface area contributed by atoms with E-state index in [0.717, 1.165) is 11.4 Å². The number of hydrogen-bond donors (Lipinski definition) is 0. The third kappa shape index (κ3) is 4.23. The molecule has 2 heterocycles. The van der Waals surface area contributed by atoms with Crippen molar-refractivity contribution in [2.24, 2.45) is 0 Å². The van der Waals surface area contributed by atoms with E-state index in [1.165, 1.54) is 11.3 Å². The number of benzene rings is 2. The molecule has 0 spiro atoms. The lowest BCUT2D eigenvalue weighted by Gasteiger charge is -2.36. The van der Waals surface area contributed by atoms with Crippen LogP contribution in [0.5, 0.6) is 5.75 Å². The first-order valence-electron chi connectivity index (χ1n) is 9.38. The van der Waals surface area contributed by atoms with Crippen molar-refractivity contribution < 1.29 is 9.53 Å². The van der Waals surface area contributed by atoms with Crippen molar-refractivity contribution in [2.45, 2.75) is 6.61 Å². The number of anilines is 1. The van der Waals surface area contributed by atoms with Gasteiger partial charge in [0.05, 0.1) is 28.0 Å². The van der Waals surface area contributed by atoms with Gasteiger partial charge in [-0.05, 0) is 24.3 Å².